The van der Waals surface area contributed by atoms with Crippen molar-refractivity contribution in [2.75, 3.05) is 0 Å². The predicted molar refractivity (Wildman–Crippen MR) is 91.8 cm³/mol. The Morgan fingerprint density at radius 2 is 1.60 bits per heavy atom. The van der Waals surface area contributed by atoms with Crippen molar-refractivity contribution < 1.29 is 23.9 Å². The molecule has 5 heteroatoms. The number of benzene rings is 2. The van der Waals surface area contributed by atoms with Gasteiger partial charge >= 0.3 is 17.9 Å². The molecule has 0 spiro atoms. The van der Waals surface area contributed by atoms with Crippen LogP contribution < -0.4 is 0 Å². The zero-order valence-electron chi connectivity index (χ0n) is 14.2. The highest BCUT2D eigenvalue weighted by Crippen LogP contribution is 2.22. The molecule has 2 aromatic rings. The molecule has 0 aliphatic carbocycles. The van der Waals surface area contributed by atoms with Gasteiger partial charge in [-0.3, -0.25) is 4.79 Å². The highest BCUT2D eigenvalue weighted by molar-refractivity contribution is 5.94. The molecule has 0 aromatic heterocycles. The Balaban J connectivity index is 2.23. The van der Waals surface area contributed by atoms with Crippen molar-refractivity contribution >= 4 is 17.9 Å². The molecule has 0 saturated carbocycles. The van der Waals surface area contributed by atoms with E-state index in [9.17, 15) is 14.4 Å². The molecule has 130 valence electrons. The van der Waals surface area contributed by atoms with Crippen molar-refractivity contribution in [1.29, 1.82) is 0 Å². The highest BCUT2D eigenvalue weighted by Gasteiger charge is 2.29. The molecular formula is C20H20O5. The number of carbonyl (C=O) groups excluding carboxylic acids is 3. The van der Waals surface area contributed by atoms with Gasteiger partial charge in [-0.25, -0.2) is 9.59 Å². The minimum absolute atomic E-state index is 0.124. The summed E-state index contributed by atoms with van der Waals surface area (Å²) in [5.41, 5.74) is 1.53. The molecule has 0 aliphatic heterocycles. The van der Waals surface area contributed by atoms with Crippen LogP contribution in [-0.2, 0) is 19.1 Å². The van der Waals surface area contributed by atoms with Crippen molar-refractivity contribution in [1.82, 2.24) is 0 Å². The maximum atomic E-state index is 12.5. The van der Waals surface area contributed by atoms with E-state index in [2.05, 4.69) is 0 Å². The van der Waals surface area contributed by atoms with Crippen LogP contribution in [-0.4, -0.2) is 17.9 Å². The van der Waals surface area contributed by atoms with E-state index in [1.807, 2.05) is 0 Å². The summed E-state index contributed by atoms with van der Waals surface area (Å²) in [4.78, 5) is 36.4. The van der Waals surface area contributed by atoms with Crippen LogP contribution in [0.2, 0.25) is 0 Å². The van der Waals surface area contributed by atoms with E-state index < -0.39 is 24.0 Å². The van der Waals surface area contributed by atoms with Crippen LogP contribution in [0.25, 0.3) is 0 Å². The molecule has 0 aliphatic rings. The van der Waals surface area contributed by atoms with Gasteiger partial charge in [-0.1, -0.05) is 55.5 Å². The van der Waals surface area contributed by atoms with Gasteiger partial charge in [-0.15, -0.1) is 0 Å². The molecule has 0 amide bonds. The average Bonchev–Trinajstić information content (AvgIpc) is 2.60. The van der Waals surface area contributed by atoms with Gasteiger partial charge < -0.3 is 9.47 Å². The summed E-state index contributed by atoms with van der Waals surface area (Å²) in [6, 6.07) is 15.4. The molecule has 0 bridgehead atoms. The standard InChI is InChI=1S/C20H20O5/c1-3-9-17(21)24-20(23)18(15-11-5-4-6-12-15)25-19(22)16-13-8-7-10-14(16)2/h4-8,10-13,18H,3,9H2,1-2H3. The minimum Gasteiger partial charge on any atom is -0.442 e. The number of hydrogen-bond acceptors (Lipinski definition) is 5. The highest BCUT2D eigenvalue weighted by atomic mass is 16.6. The Kier molecular flexibility index (Phi) is 6.46. The molecule has 0 heterocycles. The lowest BCUT2D eigenvalue weighted by Gasteiger charge is -2.17. The molecule has 0 N–H and O–H groups in total. The van der Waals surface area contributed by atoms with E-state index in [-0.39, 0.29) is 6.42 Å². The second-order valence-electron chi connectivity index (χ2n) is 5.55. The number of ether oxygens (including phenoxy) is 2. The van der Waals surface area contributed by atoms with E-state index in [1.54, 1.807) is 68.4 Å². The number of aryl methyl sites for hydroxylation is 1. The number of esters is 3. The minimum atomic E-state index is -1.30. The molecular weight excluding hydrogens is 320 g/mol. The van der Waals surface area contributed by atoms with Gasteiger partial charge in [-0.05, 0) is 25.0 Å². The first-order valence-corrected chi connectivity index (χ1v) is 8.09. The van der Waals surface area contributed by atoms with Gasteiger partial charge in [0, 0.05) is 12.0 Å². The zero-order valence-corrected chi connectivity index (χ0v) is 14.2. The van der Waals surface area contributed by atoms with Crippen molar-refractivity contribution in [2.24, 2.45) is 0 Å². The van der Waals surface area contributed by atoms with Crippen LogP contribution in [0.15, 0.2) is 54.6 Å². The fraction of sp³-hybridized carbons (Fsp3) is 0.250. The van der Waals surface area contributed by atoms with Gasteiger partial charge in [-0.2, -0.15) is 0 Å². The van der Waals surface area contributed by atoms with Crippen molar-refractivity contribution in [2.45, 2.75) is 32.8 Å². The summed E-state index contributed by atoms with van der Waals surface area (Å²) in [6.07, 6.45) is -0.612. The lowest BCUT2D eigenvalue weighted by Crippen LogP contribution is -2.24. The average molecular weight is 340 g/mol. The van der Waals surface area contributed by atoms with E-state index >= 15 is 0 Å². The summed E-state index contributed by atoms with van der Waals surface area (Å²) >= 11 is 0. The normalized spacial score (nSPS) is 11.4. The second kappa shape index (κ2) is 8.78. The summed E-state index contributed by atoms with van der Waals surface area (Å²) in [7, 11) is 0. The summed E-state index contributed by atoms with van der Waals surface area (Å²) in [5.74, 6) is -2.18. The molecule has 0 radical (unpaired) electrons. The van der Waals surface area contributed by atoms with Gasteiger partial charge in [0.15, 0.2) is 0 Å². The first kappa shape index (κ1) is 18.4. The first-order valence-electron chi connectivity index (χ1n) is 8.09. The Morgan fingerprint density at radius 1 is 0.960 bits per heavy atom. The fourth-order valence-electron chi connectivity index (χ4n) is 2.27. The Labute approximate surface area is 146 Å². The third-order valence-corrected chi connectivity index (χ3v) is 3.57. The fourth-order valence-corrected chi connectivity index (χ4v) is 2.27. The number of rotatable bonds is 6. The van der Waals surface area contributed by atoms with Crippen LogP contribution in [0, 0.1) is 6.92 Å². The topological polar surface area (TPSA) is 69.7 Å². The molecule has 0 saturated heterocycles. The van der Waals surface area contributed by atoms with E-state index in [1.165, 1.54) is 0 Å². The summed E-state index contributed by atoms with van der Waals surface area (Å²) in [5, 5.41) is 0. The maximum absolute atomic E-state index is 12.5. The van der Waals surface area contributed by atoms with Crippen LogP contribution >= 0.6 is 0 Å². The third-order valence-electron chi connectivity index (χ3n) is 3.57. The lowest BCUT2D eigenvalue weighted by atomic mass is 10.1. The van der Waals surface area contributed by atoms with Crippen LogP contribution in [0.4, 0.5) is 0 Å². The van der Waals surface area contributed by atoms with Crippen molar-refractivity contribution in [3.05, 3.63) is 71.3 Å². The molecule has 1 atom stereocenters. The summed E-state index contributed by atoms with van der Waals surface area (Å²) in [6.45, 7) is 3.58. The molecule has 5 nitrogen and oxygen atoms in total. The summed E-state index contributed by atoms with van der Waals surface area (Å²) < 4.78 is 10.2. The molecule has 1 unspecified atom stereocenters. The zero-order chi connectivity index (χ0) is 18.2. The van der Waals surface area contributed by atoms with Crippen molar-refractivity contribution in [3.63, 3.8) is 0 Å². The van der Waals surface area contributed by atoms with Crippen LogP contribution in [0.1, 0.15) is 47.4 Å². The van der Waals surface area contributed by atoms with Gasteiger partial charge in [0.05, 0.1) is 5.56 Å². The van der Waals surface area contributed by atoms with E-state index in [0.717, 1.165) is 5.56 Å². The number of carbonyl (C=O) groups is 3. The smallest absolute Gasteiger partial charge is 0.359 e. The molecule has 2 aromatic carbocycles. The Bertz CT molecular complexity index is 752. The maximum Gasteiger partial charge on any atom is 0.359 e. The first-order chi connectivity index (χ1) is 12.0. The van der Waals surface area contributed by atoms with E-state index in [4.69, 9.17) is 9.47 Å². The monoisotopic (exact) mass is 340 g/mol. The lowest BCUT2D eigenvalue weighted by molar-refractivity contribution is -0.166. The molecule has 2 rings (SSSR count). The van der Waals surface area contributed by atoms with Gasteiger partial charge in [0.25, 0.3) is 0 Å². The third kappa shape index (κ3) is 5.01. The predicted octanol–water partition coefficient (Wildman–Crippen LogP) is 3.76. The largest absolute Gasteiger partial charge is 0.442 e. The van der Waals surface area contributed by atoms with E-state index in [0.29, 0.717) is 17.5 Å². The van der Waals surface area contributed by atoms with Crippen LogP contribution in [0.3, 0.4) is 0 Å². The number of hydrogen-bond donors (Lipinski definition) is 0. The SMILES string of the molecule is CCCC(=O)OC(=O)C(OC(=O)c1ccccc1C)c1ccccc1. The van der Waals surface area contributed by atoms with Crippen molar-refractivity contribution in [3.8, 4) is 0 Å². The second-order valence-corrected chi connectivity index (χ2v) is 5.55. The molecule has 25 heavy (non-hydrogen) atoms. The van der Waals surface area contributed by atoms with Crippen LogP contribution in [0.5, 0.6) is 0 Å². The van der Waals surface area contributed by atoms with Gasteiger partial charge in [0.2, 0.25) is 6.10 Å². The van der Waals surface area contributed by atoms with Gasteiger partial charge in [0.1, 0.15) is 0 Å². The Morgan fingerprint density at radius 3 is 2.24 bits per heavy atom. The quantitative estimate of drug-likeness (QED) is 0.591. The Hall–Kier alpha value is -2.95. The molecule has 0 fully saturated rings.